The van der Waals surface area contributed by atoms with Crippen molar-refractivity contribution in [2.24, 2.45) is 0 Å². The maximum absolute atomic E-state index is 12.3. The van der Waals surface area contributed by atoms with Crippen LogP contribution in [-0.4, -0.2) is 53.8 Å². The van der Waals surface area contributed by atoms with Crippen molar-refractivity contribution in [3.05, 3.63) is 23.0 Å². The third kappa shape index (κ3) is 3.82. The standard InChI is InChI=1S/C12H17ClN4O2/c1-4-17(7-11(18)16(2)3)12(19)8-5-10(13)15-6-9(8)14/h5-6H,4,7,14H2,1-3H3. The Morgan fingerprint density at radius 3 is 2.58 bits per heavy atom. The number of amides is 2. The van der Waals surface area contributed by atoms with Crippen molar-refractivity contribution in [2.75, 3.05) is 32.9 Å². The molecule has 0 bridgehead atoms. The van der Waals surface area contributed by atoms with Gasteiger partial charge in [-0.05, 0) is 13.0 Å². The molecule has 1 aromatic heterocycles. The number of pyridine rings is 1. The monoisotopic (exact) mass is 284 g/mol. The molecule has 0 aromatic carbocycles. The SMILES string of the molecule is CCN(CC(=O)N(C)C)C(=O)c1cc(Cl)ncc1N. The third-order valence-electron chi connectivity index (χ3n) is 2.63. The third-order valence-corrected chi connectivity index (χ3v) is 2.83. The van der Waals surface area contributed by atoms with E-state index in [1.165, 1.54) is 22.1 Å². The summed E-state index contributed by atoms with van der Waals surface area (Å²) in [6.45, 7) is 2.19. The molecule has 1 aromatic rings. The lowest BCUT2D eigenvalue weighted by Gasteiger charge is -2.22. The van der Waals surface area contributed by atoms with Crippen LogP contribution in [0.3, 0.4) is 0 Å². The van der Waals surface area contributed by atoms with E-state index in [-0.39, 0.29) is 34.8 Å². The largest absolute Gasteiger partial charge is 0.397 e. The Morgan fingerprint density at radius 1 is 1.42 bits per heavy atom. The maximum atomic E-state index is 12.3. The number of halogens is 1. The highest BCUT2D eigenvalue weighted by Crippen LogP contribution is 2.17. The number of nitrogen functional groups attached to an aromatic ring is 1. The number of nitrogens with two attached hydrogens (primary N) is 1. The molecule has 0 aliphatic rings. The number of carbonyl (C=O) groups excluding carboxylic acids is 2. The van der Waals surface area contributed by atoms with Crippen LogP contribution < -0.4 is 5.73 Å². The van der Waals surface area contributed by atoms with Gasteiger partial charge in [0, 0.05) is 20.6 Å². The molecule has 0 atom stereocenters. The van der Waals surface area contributed by atoms with Gasteiger partial charge in [-0.2, -0.15) is 0 Å². The predicted octanol–water partition coefficient (Wildman–Crippen LogP) is 0.867. The van der Waals surface area contributed by atoms with Gasteiger partial charge in [0.2, 0.25) is 5.91 Å². The topological polar surface area (TPSA) is 79.5 Å². The molecular formula is C12H17ClN4O2. The summed E-state index contributed by atoms with van der Waals surface area (Å²) in [6.07, 6.45) is 1.33. The van der Waals surface area contributed by atoms with E-state index < -0.39 is 0 Å². The van der Waals surface area contributed by atoms with E-state index in [4.69, 9.17) is 17.3 Å². The molecule has 0 aliphatic heterocycles. The van der Waals surface area contributed by atoms with Gasteiger partial charge in [0.05, 0.1) is 24.0 Å². The lowest BCUT2D eigenvalue weighted by Crippen LogP contribution is -2.40. The van der Waals surface area contributed by atoms with E-state index in [0.717, 1.165) is 0 Å². The second kappa shape index (κ2) is 6.38. The minimum Gasteiger partial charge on any atom is -0.397 e. The maximum Gasteiger partial charge on any atom is 0.256 e. The zero-order chi connectivity index (χ0) is 14.6. The van der Waals surface area contributed by atoms with Gasteiger partial charge in [-0.3, -0.25) is 9.59 Å². The van der Waals surface area contributed by atoms with Crippen molar-refractivity contribution in [1.29, 1.82) is 0 Å². The van der Waals surface area contributed by atoms with Crippen molar-refractivity contribution in [3.8, 4) is 0 Å². The lowest BCUT2D eigenvalue weighted by atomic mass is 10.2. The molecule has 1 heterocycles. The molecule has 2 N–H and O–H groups in total. The summed E-state index contributed by atoms with van der Waals surface area (Å²) in [5.41, 5.74) is 6.21. The lowest BCUT2D eigenvalue weighted by molar-refractivity contribution is -0.129. The Kier molecular flexibility index (Phi) is 5.11. The highest BCUT2D eigenvalue weighted by molar-refractivity contribution is 6.29. The minimum atomic E-state index is -0.334. The Hall–Kier alpha value is -1.82. The van der Waals surface area contributed by atoms with E-state index >= 15 is 0 Å². The molecule has 0 aliphatic carbocycles. The molecule has 104 valence electrons. The number of likely N-dealkylation sites (N-methyl/N-ethyl adjacent to an activating group) is 2. The Bertz CT molecular complexity index is 491. The van der Waals surface area contributed by atoms with Crippen molar-refractivity contribution < 1.29 is 9.59 Å². The van der Waals surface area contributed by atoms with Crippen molar-refractivity contribution in [3.63, 3.8) is 0 Å². The highest BCUT2D eigenvalue weighted by atomic mass is 35.5. The van der Waals surface area contributed by atoms with E-state index in [1.807, 2.05) is 0 Å². The average Bonchev–Trinajstić information content (AvgIpc) is 2.37. The first-order valence-corrected chi connectivity index (χ1v) is 6.15. The molecule has 0 fully saturated rings. The summed E-state index contributed by atoms with van der Waals surface area (Å²) in [5.74, 6) is -0.492. The van der Waals surface area contributed by atoms with Gasteiger partial charge < -0.3 is 15.5 Å². The molecule has 7 heteroatoms. The number of carbonyl (C=O) groups is 2. The van der Waals surface area contributed by atoms with Gasteiger partial charge in [-0.1, -0.05) is 11.6 Å². The fourth-order valence-electron chi connectivity index (χ4n) is 1.43. The molecule has 19 heavy (non-hydrogen) atoms. The van der Waals surface area contributed by atoms with E-state index in [1.54, 1.807) is 21.0 Å². The highest BCUT2D eigenvalue weighted by Gasteiger charge is 2.20. The first-order valence-electron chi connectivity index (χ1n) is 5.77. The van der Waals surface area contributed by atoms with Gasteiger partial charge in [-0.25, -0.2) is 4.98 Å². The Morgan fingerprint density at radius 2 is 2.05 bits per heavy atom. The van der Waals surface area contributed by atoms with Crippen LogP contribution in [0, 0.1) is 0 Å². The summed E-state index contributed by atoms with van der Waals surface area (Å²) in [4.78, 5) is 30.6. The summed E-state index contributed by atoms with van der Waals surface area (Å²) >= 11 is 5.75. The molecule has 0 unspecified atom stereocenters. The number of rotatable bonds is 4. The van der Waals surface area contributed by atoms with Gasteiger partial charge in [-0.15, -0.1) is 0 Å². The van der Waals surface area contributed by atoms with Crippen molar-refractivity contribution in [2.45, 2.75) is 6.92 Å². The van der Waals surface area contributed by atoms with Gasteiger partial charge >= 0.3 is 0 Å². The molecule has 0 saturated carbocycles. The molecule has 0 radical (unpaired) electrons. The quantitative estimate of drug-likeness (QED) is 0.832. The number of nitrogens with zero attached hydrogens (tertiary/aromatic N) is 3. The number of aromatic nitrogens is 1. The summed E-state index contributed by atoms with van der Waals surface area (Å²) in [5, 5.41) is 0.188. The van der Waals surface area contributed by atoms with Gasteiger partial charge in [0.1, 0.15) is 5.15 Å². The minimum absolute atomic E-state index is 0.00170. The summed E-state index contributed by atoms with van der Waals surface area (Å²) < 4.78 is 0. The molecule has 1 rings (SSSR count). The van der Waals surface area contributed by atoms with E-state index in [0.29, 0.717) is 6.54 Å². The van der Waals surface area contributed by atoms with Gasteiger partial charge in [0.15, 0.2) is 0 Å². The second-order valence-corrected chi connectivity index (χ2v) is 4.59. The second-order valence-electron chi connectivity index (χ2n) is 4.20. The van der Waals surface area contributed by atoms with Crippen molar-refractivity contribution in [1.82, 2.24) is 14.8 Å². The predicted molar refractivity (Wildman–Crippen MR) is 73.9 cm³/mol. The Labute approximate surface area is 117 Å². The van der Waals surface area contributed by atoms with Crippen LogP contribution in [0.2, 0.25) is 5.15 Å². The van der Waals surface area contributed by atoms with Crippen LogP contribution in [-0.2, 0) is 4.79 Å². The van der Waals surface area contributed by atoms with Crippen LogP contribution in [0.15, 0.2) is 12.3 Å². The van der Waals surface area contributed by atoms with E-state index in [2.05, 4.69) is 4.98 Å². The number of anilines is 1. The molecular weight excluding hydrogens is 268 g/mol. The molecule has 0 saturated heterocycles. The smallest absolute Gasteiger partial charge is 0.256 e. The number of hydrogen-bond donors (Lipinski definition) is 1. The molecule has 0 spiro atoms. The van der Waals surface area contributed by atoms with Crippen LogP contribution in [0.5, 0.6) is 0 Å². The fraction of sp³-hybridized carbons (Fsp3) is 0.417. The average molecular weight is 285 g/mol. The van der Waals surface area contributed by atoms with E-state index in [9.17, 15) is 9.59 Å². The zero-order valence-corrected chi connectivity index (χ0v) is 11.9. The first-order chi connectivity index (χ1) is 8.86. The molecule has 2 amide bonds. The fourth-order valence-corrected chi connectivity index (χ4v) is 1.59. The van der Waals surface area contributed by atoms with Crippen LogP contribution in [0.25, 0.3) is 0 Å². The Balaban J connectivity index is 2.95. The normalized spacial score (nSPS) is 10.1. The summed E-state index contributed by atoms with van der Waals surface area (Å²) in [7, 11) is 3.27. The first kappa shape index (κ1) is 15.2. The summed E-state index contributed by atoms with van der Waals surface area (Å²) in [6, 6.07) is 1.40. The van der Waals surface area contributed by atoms with Crippen LogP contribution in [0.4, 0.5) is 5.69 Å². The van der Waals surface area contributed by atoms with Crippen LogP contribution >= 0.6 is 11.6 Å². The number of hydrogen-bond acceptors (Lipinski definition) is 4. The van der Waals surface area contributed by atoms with Gasteiger partial charge in [0.25, 0.3) is 5.91 Å². The zero-order valence-electron chi connectivity index (χ0n) is 11.2. The van der Waals surface area contributed by atoms with Crippen molar-refractivity contribution >= 4 is 29.1 Å². The molecule has 6 nitrogen and oxygen atoms in total. The van der Waals surface area contributed by atoms with Crippen LogP contribution in [0.1, 0.15) is 17.3 Å².